The van der Waals surface area contributed by atoms with E-state index in [9.17, 15) is 0 Å². The van der Waals surface area contributed by atoms with Crippen LogP contribution < -0.4 is 10.5 Å². The third-order valence-electron chi connectivity index (χ3n) is 3.88. The van der Waals surface area contributed by atoms with E-state index in [-0.39, 0.29) is 6.04 Å². The average molecular weight is 322 g/mol. The van der Waals surface area contributed by atoms with Crippen LogP contribution in [0.5, 0.6) is 5.75 Å². The normalized spacial score (nSPS) is 17.4. The molecule has 0 aliphatic heterocycles. The summed E-state index contributed by atoms with van der Waals surface area (Å²) in [5.41, 5.74) is 9.59. The average Bonchev–Trinajstić information content (AvgIpc) is 2.49. The van der Waals surface area contributed by atoms with Gasteiger partial charge in [-0.2, -0.15) is 0 Å². The highest BCUT2D eigenvalue weighted by molar-refractivity contribution is 6.33. The Morgan fingerprint density at radius 2 is 2.00 bits per heavy atom. The number of hydrogen-bond donors (Lipinski definition) is 1. The molecule has 0 radical (unpaired) electrons. The van der Waals surface area contributed by atoms with E-state index in [0.717, 1.165) is 30.6 Å². The minimum Gasteiger partial charge on any atom is -0.489 e. The Hall–Kier alpha value is -1.22. The monoisotopic (exact) mass is 321 g/mol. The van der Waals surface area contributed by atoms with Crippen LogP contribution in [0.1, 0.15) is 35.6 Å². The lowest BCUT2D eigenvalue weighted by atomic mass is 9.88. The van der Waals surface area contributed by atoms with Crippen LogP contribution in [0.25, 0.3) is 0 Å². The van der Waals surface area contributed by atoms with Crippen LogP contribution in [-0.2, 0) is 13.0 Å². The summed E-state index contributed by atoms with van der Waals surface area (Å²) >= 11 is 12.1. The number of hydrogen-bond acceptors (Lipinski definition) is 2. The molecule has 3 rings (SSSR count). The van der Waals surface area contributed by atoms with Crippen LogP contribution in [0.2, 0.25) is 10.0 Å². The predicted molar refractivity (Wildman–Crippen MR) is 87.1 cm³/mol. The predicted octanol–water partition coefficient (Wildman–Crippen LogP) is 4.91. The minimum absolute atomic E-state index is 0.118. The Morgan fingerprint density at radius 3 is 2.86 bits per heavy atom. The largest absolute Gasteiger partial charge is 0.489 e. The Kier molecular flexibility index (Phi) is 4.39. The van der Waals surface area contributed by atoms with Gasteiger partial charge in [-0.15, -0.1) is 0 Å². The van der Waals surface area contributed by atoms with E-state index in [0.29, 0.717) is 16.7 Å². The van der Waals surface area contributed by atoms with Gasteiger partial charge >= 0.3 is 0 Å². The lowest BCUT2D eigenvalue weighted by Crippen LogP contribution is -2.17. The highest BCUT2D eigenvalue weighted by Crippen LogP contribution is 2.31. The van der Waals surface area contributed by atoms with Gasteiger partial charge < -0.3 is 10.5 Å². The van der Waals surface area contributed by atoms with Crippen LogP contribution in [0, 0.1) is 0 Å². The number of rotatable bonds is 3. The van der Waals surface area contributed by atoms with Crippen molar-refractivity contribution in [2.75, 3.05) is 0 Å². The van der Waals surface area contributed by atoms with Crippen molar-refractivity contribution in [1.82, 2.24) is 0 Å². The summed E-state index contributed by atoms with van der Waals surface area (Å²) in [4.78, 5) is 0. The van der Waals surface area contributed by atoms with Crippen molar-refractivity contribution >= 4 is 23.2 Å². The summed E-state index contributed by atoms with van der Waals surface area (Å²) in [6, 6.07) is 11.7. The number of benzene rings is 2. The molecule has 0 bridgehead atoms. The zero-order valence-electron chi connectivity index (χ0n) is 11.6. The van der Waals surface area contributed by atoms with E-state index in [2.05, 4.69) is 12.1 Å². The number of halogens is 2. The standard InChI is InChI=1S/C17H17Cl2NO/c18-13-5-7-16(19)12(8-13)10-21-14-6-4-11-2-1-3-17(20)15(11)9-14/h4-9,17H,1-3,10,20H2/t17-/m0/s1. The summed E-state index contributed by atoms with van der Waals surface area (Å²) < 4.78 is 5.84. The summed E-state index contributed by atoms with van der Waals surface area (Å²) in [6.07, 6.45) is 3.30. The molecular weight excluding hydrogens is 305 g/mol. The molecule has 0 saturated heterocycles. The number of nitrogens with two attached hydrogens (primary N) is 1. The van der Waals surface area contributed by atoms with Gasteiger partial charge in [0.2, 0.25) is 0 Å². The van der Waals surface area contributed by atoms with Crippen molar-refractivity contribution in [2.24, 2.45) is 5.73 Å². The van der Waals surface area contributed by atoms with E-state index in [1.54, 1.807) is 12.1 Å². The quantitative estimate of drug-likeness (QED) is 0.871. The molecule has 1 atom stereocenters. The zero-order chi connectivity index (χ0) is 14.8. The van der Waals surface area contributed by atoms with E-state index in [1.807, 2.05) is 12.1 Å². The fraction of sp³-hybridized carbons (Fsp3) is 0.294. The third-order valence-corrected chi connectivity index (χ3v) is 4.48. The highest BCUT2D eigenvalue weighted by Gasteiger charge is 2.17. The van der Waals surface area contributed by atoms with Crippen molar-refractivity contribution in [3.8, 4) is 5.75 Å². The molecule has 2 N–H and O–H groups in total. The van der Waals surface area contributed by atoms with E-state index >= 15 is 0 Å². The van der Waals surface area contributed by atoms with Gasteiger partial charge in [-0.05, 0) is 60.7 Å². The Bertz CT molecular complexity index is 657. The van der Waals surface area contributed by atoms with Gasteiger partial charge in [-0.1, -0.05) is 29.3 Å². The second-order valence-corrected chi connectivity index (χ2v) is 6.23. The molecular formula is C17H17Cl2NO. The maximum Gasteiger partial charge on any atom is 0.120 e. The van der Waals surface area contributed by atoms with Crippen LogP contribution >= 0.6 is 23.2 Å². The molecule has 2 aromatic rings. The second-order valence-electron chi connectivity index (χ2n) is 5.38. The Balaban J connectivity index is 1.76. The molecule has 0 heterocycles. The lowest BCUT2D eigenvalue weighted by molar-refractivity contribution is 0.305. The van der Waals surface area contributed by atoms with E-state index < -0.39 is 0 Å². The van der Waals surface area contributed by atoms with E-state index in [1.165, 1.54) is 11.1 Å². The molecule has 0 fully saturated rings. The van der Waals surface area contributed by atoms with Gasteiger partial charge in [0.15, 0.2) is 0 Å². The molecule has 0 spiro atoms. The highest BCUT2D eigenvalue weighted by atomic mass is 35.5. The van der Waals surface area contributed by atoms with Crippen LogP contribution in [-0.4, -0.2) is 0 Å². The molecule has 0 unspecified atom stereocenters. The van der Waals surface area contributed by atoms with E-state index in [4.69, 9.17) is 33.7 Å². The first-order chi connectivity index (χ1) is 10.1. The summed E-state index contributed by atoms with van der Waals surface area (Å²) in [7, 11) is 0. The van der Waals surface area contributed by atoms with Gasteiger partial charge in [0.05, 0.1) is 0 Å². The molecule has 2 nitrogen and oxygen atoms in total. The Labute approximate surface area is 134 Å². The van der Waals surface area contributed by atoms with Gasteiger partial charge in [-0.25, -0.2) is 0 Å². The Morgan fingerprint density at radius 1 is 1.14 bits per heavy atom. The van der Waals surface area contributed by atoms with Crippen molar-refractivity contribution in [3.05, 3.63) is 63.1 Å². The minimum atomic E-state index is 0.118. The third kappa shape index (κ3) is 3.34. The fourth-order valence-corrected chi connectivity index (χ4v) is 3.09. The van der Waals surface area contributed by atoms with Gasteiger partial charge in [0.1, 0.15) is 12.4 Å². The number of aryl methyl sites for hydroxylation is 1. The van der Waals surface area contributed by atoms with Crippen molar-refractivity contribution < 1.29 is 4.74 Å². The molecule has 4 heteroatoms. The molecule has 110 valence electrons. The van der Waals surface area contributed by atoms with Crippen molar-refractivity contribution in [1.29, 1.82) is 0 Å². The van der Waals surface area contributed by atoms with Gasteiger partial charge in [0, 0.05) is 21.7 Å². The van der Waals surface area contributed by atoms with Crippen LogP contribution in [0.4, 0.5) is 0 Å². The van der Waals surface area contributed by atoms with Gasteiger partial charge in [0.25, 0.3) is 0 Å². The van der Waals surface area contributed by atoms with Crippen molar-refractivity contribution in [3.63, 3.8) is 0 Å². The molecule has 2 aromatic carbocycles. The number of fused-ring (bicyclic) bond motifs is 1. The smallest absolute Gasteiger partial charge is 0.120 e. The maximum absolute atomic E-state index is 6.17. The first-order valence-corrected chi connectivity index (χ1v) is 7.84. The molecule has 0 aromatic heterocycles. The molecule has 0 saturated carbocycles. The first kappa shape index (κ1) is 14.7. The fourth-order valence-electron chi connectivity index (χ4n) is 2.72. The summed E-state index contributed by atoms with van der Waals surface area (Å²) in [5, 5.41) is 1.32. The molecule has 1 aliphatic carbocycles. The second kappa shape index (κ2) is 6.27. The molecule has 1 aliphatic rings. The lowest BCUT2D eigenvalue weighted by Gasteiger charge is -2.22. The molecule has 0 amide bonds. The van der Waals surface area contributed by atoms with Crippen LogP contribution in [0.15, 0.2) is 36.4 Å². The maximum atomic E-state index is 6.17. The van der Waals surface area contributed by atoms with Gasteiger partial charge in [-0.3, -0.25) is 0 Å². The number of ether oxygens (including phenoxy) is 1. The summed E-state index contributed by atoms with van der Waals surface area (Å²) in [6.45, 7) is 0.396. The summed E-state index contributed by atoms with van der Waals surface area (Å²) in [5.74, 6) is 0.821. The SMILES string of the molecule is N[C@H]1CCCc2ccc(OCc3cc(Cl)ccc3Cl)cc21. The topological polar surface area (TPSA) is 35.2 Å². The first-order valence-electron chi connectivity index (χ1n) is 7.08. The van der Waals surface area contributed by atoms with Crippen molar-refractivity contribution in [2.45, 2.75) is 31.9 Å². The molecule has 21 heavy (non-hydrogen) atoms. The zero-order valence-corrected chi connectivity index (χ0v) is 13.1. The van der Waals surface area contributed by atoms with Crippen LogP contribution in [0.3, 0.4) is 0 Å².